The Bertz CT molecular complexity index is 1490. The number of sulfonamides is 1. The Balaban J connectivity index is 1.56. The van der Waals surface area contributed by atoms with Gasteiger partial charge in [0.05, 0.1) is 32.9 Å². The molecule has 1 aliphatic heterocycles. The van der Waals surface area contributed by atoms with Crippen molar-refractivity contribution in [2.24, 2.45) is 0 Å². The van der Waals surface area contributed by atoms with Crippen molar-refractivity contribution in [3.63, 3.8) is 0 Å². The maximum absolute atomic E-state index is 13.3. The number of methoxy groups -OCH3 is 2. The number of nitrogens with zero attached hydrogens (tertiary/aromatic N) is 3. The minimum atomic E-state index is -4.23. The molecule has 0 saturated carbocycles. The molecule has 1 aliphatic rings. The third-order valence-corrected chi connectivity index (χ3v) is 6.87. The van der Waals surface area contributed by atoms with Gasteiger partial charge >= 0.3 is 5.97 Å². The molecular weight excluding hydrogens is 464 g/mol. The molecule has 5 rings (SSSR count). The molecule has 2 aromatic carbocycles. The molecule has 3 heterocycles. The van der Waals surface area contributed by atoms with Crippen LogP contribution in [0.1, 0.15) is 21.5 Å². The SMILES string of the molecule is COC(=O)c1ccc(OC)c(S(=O)(=O)Nc2noc3cc(Cn4cccn4)c4c(c23)OCC4)c1. The van der Waals surface area contributed by atoms with E-state index in [1.54, 1.807) is 10.9 Å². The van der Waals surface area contributed by atoms with E-state index in [2.05, 4.69) is 15.0 Å². The van der Waals surface area contributed by atoms with Crippen molar-refractivity contribution in [2.75, 3.05) is 25.5 Å². The number of rotatable bonds is 7. The molecule has 0 unspecified atom stereocenters. The summed E-state index contributed by atoms with van der Waals surface area (Å²) in [7, 11) is -1.68. The number of fused-ring (bicyclic) bond motifs is 3. The topological polar surface area (TPSA) is 135 Å². The van der Waals surface area contributed by atoms with E-state index in [1.807, 2.05) is 18.3 Å². The zero-order chi connectivity index (χ0) is 23.9. The quantitative estimate of drug-likeness (QED) is 0.393. The van der Waals surface area contributed by atoms with Gasteiger partial charge in [-0.3, -0.25) is 9.40 Å². The molecule has 11 nitrogen and oxygen atoms in total. The molecule has 2 aromatic heterocycles. The van der Waals surface area contributed by atoms with Gasteiger partial charge in [0.2, 0.25) is 0 Å². The summed E-state index contributed by atoms with van der Waals surface area (Å²) in [6.07, 6.45) is 4.20. The Morgan fingerprint density at radius 3 is 2.85 bits per heavy atom. The largest absolute Gasteiger partial charge is 0.495 e. The van der Waals surface area contributed by atoms with Crippen molar-refractivity contribution in [1.29, 1.82) is 0 Å². The molecule has 12 heteroatoms. The minimum Gasteiger partial charge on any atom is -0.495 e. The zero-order valence-corrected chi connectivity index (χ0v) is 19.1. The lowest BCUT2D eigenvalue weighted by molar-refractivity contribution is 0.0600. The molecular formula is C22H20N4O7S. The minimum absolute atomic E-state index is 0.0238. The van der Waals surface area contributed by atoms with Gasteiger partial charge in [0.1, 0.15) is 21.8 Å². The van der Waals surface area contributed by atoms with Crippen LogP contribution < -0.4 is 14.2 Å². The summed E-state index contributed by atoms with van der Waals surface area (Å²) in [6, 6.07) is 7.62. The fourth-order valence-corrected chi connectivity index (χ4v) is 5.15. The van der Waals surface area contributed by atoms with Crippen molar-refractivity contribution in [2.45, 2.75) is 17.9 Å². The molecule has 1 N–H and O–H groups in total. The zero-order valence-electron chi connectivity index (χ0n) is 18.3. The number of anilines is 1. The second kappa shape index (κ2) is 8.37. The van der Waals surface area contributed by atoms with Crippen LogP contribution in [0.5, 0.6) is 11.5 Å². The number of carbonyl (C=O) groups excluding carboxylic acids is 1. The van der Waals surface area contributed by atoms with Crippen molar-refractivity contribution >= 4 is 32.8 Å². The molecule has 176 valence electrons. The Kier molecular flexibility index (Phi) is 5.36. The Morgan fingerprint density at radius 2 is 2.12 bits per heavy atom. The summed E-state index contributed by atoms with van der Waals surface area (Å²) >= 11 is 0. The first-order valence-electron chi connectivity index (χ1n) is 10.2. The lowest BCUT2D eigenvalue weighted by Crippen LogP contribution is -2.16. The molecule has 34 heavy (non-hydrogen) atoms. The molecule has 0 bridgehead atoms. The van der Waals surface area contributed by atoms with Crippen LogP contribution in [-0.4, -0.2) is 50.2 Å². The Hall–Kier alpha value is -4.06. The fraction of sp³-hybridized carbons (Fsp3) is 0.227. The number of ether oxygens (including phenoxy) is 3. The van der Waals surface area contributed by atoms with Gasteiger partial charge in [0.25, 0.3) is 10.0 Å². The van der Waals surface area contributed by atoms with Crippen LogP contribution >= 0.6 is 0 Å². The fourth-order valence-electron chi connectivity index (χ4n) is 3.94. The first-order valence-corrected chi connectivity index (χ1v) is 11.7. The van der Waals surface area contributed by atoms with E-state index in [0.29, 0.717) is 36.3 Å². The van der Waals surface area contributed by atoms with Gasteiger partial charge in [-0.1, -0.05) is 5.16 Å². The number of esters is 1. The van der Waals surface area contributed by atoms with Crippen molar-refractivity contribution < 1.29 is 31.9 Å². The highest BCUT2D eigenvalue weighted by Crippen LogP contribution is 2.41. The summed E-state index contributed by atoms with van der Waals surface area (Å²) in [4.78, 5) is 11.7. The van der Waals surface area contributed by atoms with E-state index in [-0.39, 0.29) is 22.0 Å². The lowest BCUT2D eigenvalue weighted by Gasteiger charge is -2.12. The third-order valence-electron chi connectivity index (χ3n) is 5.51. The van der Waals surface area contributed by atoms with Crippen molar-refractivity contribution in [3.05, 3.63) is 59.4 Å². The normalized spacial score (nSPS) is 12.9. The molecule has 0 spiro atoms. The van der Waals surface area contributed by atoms with E-state index < -0.39 is 16.0 Å². The van der Waals surface area contributed by atoms with Crippen LogP contribution in [0.25, 0.3) is 11.0 Å². The van der Waals surface area contributed by atoms with Crippen LogP contribution in [0, 0.1) is 0 Å². The van der Waals surface area contributed by atoms with Crippen molar-refractivity contribution in [3.8, 4) is 11.5 Å². The molecule has 0 radical (unpaired) electrons. The summed E-state index contributed by atoms with van der Waals surface area (Å²) in [5.74, 6) is -0.129. The highest BCUT2D eigenvalue weighted by molar-refractivity contribution is 7.92. The molecule has 4 aromatic rings. The van der Waals surface area contributed by atoms with E-state index in [1.165, 1.54) is 32.4 Å². The second-order valence-electron chi connectivity index (χ2n) is 7.51. The predicted octanol–water partition coefficient (Wildman–Crippen LogP) is 2.60. The van der Waals surface area contributed by atoms with Crippen LogP contribution in [0.2, 0.25) is 0 Å². The first kappa shape index (κ1) is 21.8. The predicted molar refractivity (Wildman–Crippen MR) is 120 cm³/mol. The standard InChI is InChI=1S/C22H20N4O7S/c1-30-16-5-4-13(22(27)31-2)11-18(16)34(28,29)25-21-19-17(33-24-21)10-14(12-26-8-3-7-23-26)15-6-9-32-20(15)19/h3-5,7-8,10-11H,6,9,12H2,1-2H3,(H,24,25). The number of carbonyl (C=O) groups is 1. The van der Waals surface area contributed by atoms with E-state index in [9.17, 15) is 13.2 Å². The summed E-state index contributed by atoms with van der Waals surface area (Å²) < 4.78 is 52.0. The summed E-state index contributed by atoms with van der Waals surface area (Å²) in [5, 5.41) is 8.61. The van der Waals surface area contributed by atoms with Crippen LogP contribution in [0.4, 0.5) is 5.82 Å². The molecule has 0 amide bonds. The van der Waals surface area contributed by atoms with Crippen molar-refractivity contribution in [1.82, 2.24) is 14.9 Å². The molecule has 0 aliphatic carbocycles. The van der Waals surface area contributed by atoms with Gasteiger partial charge in [0, 0.05) is 24.4 Å². The first-order chi connectivity index (χ1) is 16.4. The van der Waals surface area contributed by atoms with Gasteiger partial charge in [-0.15, -0.1) is 0 Å². The monoisotopic (exact) mass is 484 g/mol. The average Bonchev–Trinajstić information content (AvgIpc) is 3.59. The Labute approximate surface area is 194 Å². The summed E-state index contributed by atoms with van der Waals surface area (Å²) in [5.41, 5.74) is 2.32. The molecule has 0 fully saturated rings. The van der Waals surface area contributed by atoms with Crippen LogP contribution in [0.3, 0.4) is 0 Å². The lowest BCUT2D eigenvalue weighted by atomic mass is 10.0. The Morgan fingerprint density at radius 1 is 1.26 bits per heavy atom. The number of nitrogens with one attached hydrogen (secondary N) is 1. The van der Waals surface area contributed by atoms with Gasteiger partial charge in [-0.05, 0) is 35.9 Å². The molecule has 0 saturated heterocycles. The van der Waals surface area contributed by atoms with E-state index in [4.69, 9.17) is 18.7 Å². The van der Waals surface area contributed by atoms with E-state index in [0.717, 1.165) is 11.1 Å². The van der Waals surface area contributed by atoms with Gasteiger partial charge in [-0.2, -0.15) is 5.10 Å². The smallest absolute Gasteiger partial charge is 0.337 e. The number of hydrogen-bond acceptors (Lipinski definition) is 9. The number of hydrogen-bond donors (Lipinski definition) is 1. The highest BCUT2D eigenvalue weighted by atomic mass is 32.2. The second-order valence-corrected chi connectivity index (χ2v) is 9.16. The maximum Gasteiger partial charge on any atom is 0.337 e. The molecule has 0 atom stereocenters. The van der Waals surface area contributed by atoms with E-state index >= 15 is 0 Å². The number of benzene rings is 2. The highest BCUT2D eigenvalue weighted by Gasteiger charge is 2.29. The number of aromatic nitrogens is 3. The average molecular weight is 484 g/mol. The maximum atomic E-state index is 13.3. The third kappa shape index (κ3) is 3.71. The van der Waals surface area contributed by atoms with Gasteiger partial charge < -0.3 is 18.7 Å². The summed E-state index contributed by atoms with van der Waals surface area (Å²) in [6.45, 7) is 0.959. The van der Waals surface area contributed by atoms with Gasteiger partial charge in [-0.25, -0.2) is 13.2 Å². The van der Waals surface area contributed by atoms with Crippen LogP contribution in [-0.2, 0) is 27.7 Å². The van der Waals surface area contributed by atoms with Crippen LogP contribution in [0.15, 0.2) is 52.1 Å². The van der Waals surface area contributed by atoms with Gasteiger partial charge in [0.15, 0.2) is 11.4 Å².